The van der Waals surface area contributed by atoms with Crippen molar-refractivity contribution in [3.63, 3.8) is 0 Å². The predicted octanol–water partition coefficient (Wildman–Crippen LogP) is 2.84. The van der Waals surface area contributed by atoms with Gasteiger partial charge < -0.3 is 15.2 Å². The minimum atomic E-state index is -0.441. The van der Waals surface area contributed by atoms with Gasteiger partial charge in [0.05, 0.1) is 6.10 Å². The van der Waals surface area contributed by atoms with Crippen LogP contribution in [-0.2, 0) is 4.74 Å². The molecule has 0 saturated heterocycles. The predicted molar refractivity (Wildman–Crippen MR) is 71.4 cm³/mol. The fraction of sp³-hybridized carbons (Fsp3) is 0.929. The number of aliphatic hydroxyl groups excluding tert-OH is 1. The Kier molecular flexibility index (Phi) is 5.93. The molecule has 1 aliphatic rings. The first-order chi connectivity index (χ1) is 8.38. The second-order valence-electron chi connectivity index (χ2n) is 6.18. The van der Waals surface area contributed by atoms with Crippen molar-refractivity contribution in [3.05, 3.63) is 0 Å². The monoisotopic (exact) mass is 257 g/mol. The Morgan fingerprint density at radius 1 is 1.33 bits per heavy atom. The standard InChI is InChI=1S/C14H27NO3/c1-14(2,3)18-13(17)15-10-6-8-11-7-4-5-9-12(11)16/h11-12,16H,4-10H2,1-3H3,(H,15,17)/t11-,12-/m0/s1. The topological polar surface area (TPSA) is 58.6 Å². The quantitative estimate of drug-likeness (QED) is 0.761. The second-order valence-corrected chi connectivity index (χ2v) is 6.18. The molecule has 0 aromatic heterocycles. The van der Waals surface area contributed by atoms with Gasteiger partial charge in [0.2, 0.25) is 0 Å². The fourth-order valence-corrected chi connectivity index (χ4v) is 2.39. The molecule has 1 amide bonds. The molecule has 0 aliphatic heterocycles. The van der Waals surface area contributed by atoms with Crippen LogP contribution in [0.3, 0.4) is 0 Å². The number of rotatable bonds is 4. The van der Waals surface area contributed by atoms with Gasteiger partial charge in [-0.3, -0.25) is 0 Å². The van der Waals surface area contributed by atoms with Gasteiger partial charge in [0.15, 0.2) is 0 Å². The summed E-state index contributed by atoms with van der Waals surface area (Å²) >= 11 is 0. The normalized spacial score (nSPS) is 24.7. The van der Waals surface area contributed by atoms with Gasteiger partial charge in [-0.25, -0.2) is 4.79 Å². The number of carbonyl (C=O) groups is 1. The van der Waals surface area contributed by atoms with Crippen LogP contribution in [0, 0.1) is 5.92 Å². The molecule has 0 unspecified atom stereocenters. The van der Waals surface area contributed by atoms with E-state index in [9.17, 15) is 9.90 Å². The molecule has 18 heavy (non-hydrogen) atoms. The lowest BCUT2D eigenvalue weighted by molar-refractivity contribution is 0.0514. The van der Waals surface area contributed by atoms with Crippen LogP contribution in [-0.4, -0.2) is 29.4 Å². The molecular formula is C14H27NO3. The van der Waals surface area contributed by atoms with Crippen LogP contribution in [0.15, 0.2) is 0 Å². The molecular weight excluding hydrogens is 230 g/mol. The number of hydrogen-bond donors (Lipinski definition) is 2. The smallest absolute Gasteiger partial charge is 0.407 e. The first-order valence-corrected chi connectivity index (χ1v) is 7.03. The van der Waals surface area contributed by atoms with E-state index < -0.39 is 5.60 Å². The highest BCUT2D eigenvalue weighted by Crippen LogP contribution is 2.27. The Labute approximate surface area is 110 Å². The Bertz CT molecular complexity index is 260. The molecule has 1 fully saturated rings. The summed E-state index contributed by atoms with van der Waals surface area (Å²) in [6.07, 6.45) is 5.82. The summed E-state index contributed by atoms with van der Waals surface area (Å²) in [5, 5.41) is 12.6. The van der Waals surface area contributed by atoms with Gasteiger partial charge in [-0.05, 0) is 52.4 Å². The average molecular weight is 257 g/mol. The van der Waals surface area contributed by atoms with E-state index in [2.05, 4.69) is 5.32 Å². The van der Waals surface area contributed by atoms with Crippen molar-refractivity contribution in [1.29, 1.82) is 0 Å². The Morgan fingerprint density at radius 3 is 2.61 bits per heavy atom. The number of aliphatic hydroxyl groups is 1. The van der Waals surface area contributed by atoms with Crippen LogP contribution in [0.4, 0.5) is 4.79 Å². The van der Waals surface area contributed by atoms with Crippen molar-refractivity contribution in [1.82, 2.24) is 5.32 Å². The van der Waals surface area contributed by atoms with E-state index in [1.165, 1.54) is 6.42 Å². The van der Waals surface area contributed by atoms with Gasteiger partial charge >= 0.3 is 6.09 Å². The Hall–Kier alpha value is -0.770. The minimum absolute atomic E-state index is 0.139. The molecule has 0 radical (unpaired) electrons. The summed E-state index contributed by atoms with van der Waals surface area (Å²) in [7, 11) is 0. The maximum Gasteiger partial charge on any atom is 0.407 e. The molecule has 0 aromatic carbocycles. The summed E-state index contributed by atoms with van der Waals surface area (Å²) < 4.78 is 5.15. The van der Waals surface area contributed by atoms with Gasteiger partial charge in [-0.15, -0.1) is 0 Å². The van der Waals surface area contributed by atoms with E-state index in [0.29, 0.717) is 12.5 Å². The number of alkyl carbamates (subject to hydrolysis) is 1. The first kappa shape index (κ1) is 15.3. The van der Waals surface area contributed by atoms with E-state index in [1.54, 1.807) is 0 Å². The number of ether oxygens (including phenoxy) is 1. The van der Waals surface area contributed by atoms with Gasteiger partial charge in [-0.1, -0.05) is 12.8 Å². The Morgan fingerprint density at radius 2 is 2.00 bits per heavy atom. The maximum absolute atomic E-state index is 11.4. The zero-order valence-electron chi connectivity index (χ0n) is 11.9. The van der Waals surface area contributed by atoms with Crippen molar-refractivity contribution in [2.75, 3.05) is 6.54 Å². The average Bonchev–Trinajstić information content (AvgIpc) is 2.24. The van der Waals surface area contributed by atoms with E-state index in [-0.39, 0.29) is 12.2 Å². The lowest BCUT2D eigenvalue weighted by Gasteiger charge is -2.27. The molecule has 106 valence electrons. The van der Waals surface area contributed by atoms with E-state index in [4.69, 9.17) is 4.74 Å². The molecule has 0 heterocycles. The van der Waals surface area contributed by atoms with Crippen molar-refractivity contribution in [2.24, 2.45) is 5.92 Å². The fourth-order valence-electron chi connectivity index (χ4n) is 2.39. The van der Waals surface area contributed by atoms with Crippen molar-refractivity contribution >= 4 is 6.09 Å². The van der Waals surface area contributed by atoms with Gasteiger partial charge in [0.1, 0.15) is 5.60 Å². The molecule has 2 N–H and O–H groups in total. The van der Waals surface area contributed by atoms with E-state index in [1.807, 2.05) is 20.8 Å². The Balaban J connectivity index is 2.09. The first-order valence-electron chi connectivity index (χ1n) is 7.03. The van der Waals surface area contributed by atoms with Crippen LogP contribution in [0.25, 0.3) is 0 Å². The maximum atomic E-state index is 11.4. The van der Waals surface area contributed by atoms with E-state index in [0.717, 1.165) is 32.1 Å². The third-order valence-electron chi connectivity index (χ3n) is 3.29. The number of nitrogens with one attached hydrogen (secondary N) is 1. The van der Waals surface area contributed by atoms with Crippen LogP contribution >= 0.6 is 0 Å². The molecule has 1 rings (SSSR count). The van der Waals surface area contributed by atoms with Gasteiger partial charge in [0, 0.05) is 6.54 Å². The lowest BCUT2D eigenvalue weighted by atomic mass is 9.83. The minimum Gasteiger partial charge on any atom is -0.444 e. The molecule has 0 aromatic rings. The zero-order chi connectivity index (χ0) is 13.6. The molecule has 0 bridgehead atoms. The third kappa shape index (κ3) is 6.24. The van der Waals surface area contributed by atoms with Crippen molar-refractivity contribution in [3.8, 4) is 0 Å². The molecule has 1 saturated carbocycles. The van der Waals surface area contributed by atoms with Crippen molar-refractivity contribution < 1.29 is 14.6 Å². The van der Waals surface area contributed by atoms with Crippen LogP contribution < -0.4 is 5.32 Å². The van der Waals surface area contributed by atoms with Gasteiger partial charge in [-0.2, -0.15) is 0 Å². The third-order valence-corrected chi connectivity index (χ3v) is 3.29. The summed E-state index contributed by atoms with van der Waals surface area (Å²) in [5.74, 6) is 0.416. The highest BCUT2D eigenvalue weighted by molar-refractivity contribution is 5.67. The van der Waals surface area contributed by atoms with Crippen LogP contribution in [0.5, 0.6) is 0 Å². The highest BCUT2D eigenvalue weighted by atomic mass is 16.6. The molecule has 2 atom stereocenters. The molecule has 1 aliphatic carbocycles. The summed E-state index contributed by atoms with van der Waals surface area (Å²) in [6, 6.07) is 0. The summed E-state index contributed by atoms with van der Waals surface area (Å²) in [4.78, 5) is 11.4. The lowest BCUT2D eigenvalue weighted by Crippen LogP contribution is -2.33. The SMILES string of the molecule is CC(C)(C)OC(=O)NCCC[C@@H]1CCCC[C@@H]1O. The highest BCUT2D eigenvalue weighted by Gasteiger charge is 2.22. The van der Waals surface area contributed by atoms with Crippen LogP contribution in [0.2, 0.25) is 0 Å². The second kappa shape index (κ2) is 6.98. The molecule has 0 spiro atoms. The number of amides is 1. The zero-order valence-corrected chi connectivity index (χ0v) is 11.9. The van der Waals surface area contributed by atoms with Gasteiger partial charge in [0.25, 0.3) is 0 Å². The summed E-state index contributed by atoms with van der Waals surface area (Å²) in [6.45, 7) is 6.18. The molecule has 4 nitrogen and oxygen atoms in total. The van der Waals surface area contributed by atoms with E-state index >= 15 is 0 Å². The number of carbonyl (C=O) groups excluding carboxylic acids is 1. The van der Waals surface area contributed by atoms with Crippen molar-refractivity contribution in [2.45, 2.75) is 71.0 Å². The largest absolute Gasteiger partial charge is 0.444 e. The number of hydrogen-bond acceptors (Lipinski definition) is 3. The van der Waals surface area contributed by atoms with Crippen LogP contribution in [0.1, 0.15) is 59.3 Å². The summed E-state index contributed by atoms with van der Waals surface area (Å²) in [5.41, 5.74) is -0.441. The molecule has 4 heteroatoms.